The van der Waals surface area contributed by atoms with E-state index in [9.17, 15) is 35.9 Å². The molecule has 1 rings (SSSR count). The van der Waals surface area contributed by atoms with Crippen molar-refractivity contribution < 1.29 is 35.9 Å². The molecule has 0 atom stereocenters. The Morgan fingerprint density at radius 3 is 1.89 bits per heavy atom. The van der Waals surface area contributed by atoms with Crippen molar-refractivity contribution in [1.82, 2.24) is 0 Å². The Kier molecular flexibility index (Phi) is 3.87. The summed E-state index contributed by atoms with van der Waals surface area (Å²) in [6, 6.07) is 3.55. The Labute approximate surface area is 102 Å². The average Bonchev–Trinajstić information content (AvgIpc) is 2.26. The van der Waals surface area contributed by atoms with Gasteiger partial charge in [-0.05, 0) is 12.1 Å². The summed E-state index contributed by atoms with van der Waals surface area (Å²) in [4.78, 5) is 21.6. The summed E-state index contributed by atoms with van der Waals surface area (Å²) in [5, 5.41) is 1.22. The summed E-state index contributed by atoms with van der Waals surface area (Å²) >= 11 is 0. The fourth-order valence-electron chi connectivity index (χ4n) is 1.14. The number of amides is 1. The van der Waals surface area contributed by atoms with Crippen LogP contribution in [-0.4, -0.2) is 24.0 Å². The lowest BCUT2D eigenvalue weighted by molar-refractivity contribution is -0.167. The number of hydrogen-bond donors (Lipinski definition) is 1. The molecule has 3 nitrogen and oxygen atoms in total. The van der Waals surface area contributed by atoms with Gasteiger partial charge in [0.2, 0.25) is 0 Å². The second kappa shape index (κ2) is 4.90. The van der Waals surface area contributed by atoms with Gasteiger partial charge in [0.15, 0.2) is 0 Å². The number of nitrogens with one attached hydrogen (secondary N) is 1. The second-order valence-corrected chi connectivity index (χ2v) is 3.32. The average molecular weight is 285 g/mol. The number of carbonyl (C=O) groups is 2. The molecular weight excluding hydrogens is 280 g/mol. The highest BCUT2D eigenvalue weighted by atomic mass is 19.4. The molecule has 0 aliphatic carbocycles. The van der Waals surface area contributed by atoms with Crippen LogP contribution in [0.15, 0.2) is 24.3 Å². The number of Topliss-reactive ketones (excluding diaryl/α,β-unsaturated/α-hetero) is 1. The number of hydrogen-bond acceptors (Lipinski definition) is 2. The first-order valence-corrected chi connectivity index (χ1v) is 4.62. The third-order valence-corrected chi connectivity index (χ3v) is 1.93. The first-order chi connectivity index (χ1) is 8.53. The van der Waals surface area contributed by atoms with Crippen molar-refractivity contribution in [1.29, 1.82) is 0 Å². The monoisotopic (exact) mass is 285 g/mol. The van der Waals surface area contributed by atoms with E-state index in [1.165, 1.54) is 5.32 Å². The zero-order valence-corrected chi connectivity index (χ0v) is 8.89. The van der Waals surface area contributed by atoms with Gasteiger partial charge in [0, 0.05) is 0 Å². The number of ketones is 1. The van der Waals surface area contributed by atoms with Crippen molar-refractivity contribution in [3.8, 4) is 0 Å². The van der Waals surface area contributed by atoms with Gasteiger partial charge in [0.05, 0.1) is 11.3 Å². The number of rotatable bonds is 2. The van der Waals surface area contributed by atoms with Crippen LogP contribution in [0, 0.1) is 0 Å². The maximum absolute atomic E-state index is 12.2. The predicted octanol–water partition coefficient (Wildman–Crippen LogP) is 2.93. The van der Waals surface area contributed by atoms with E-state index >= 15 is 0 Å². The van der Waals surface area contributed by atoms with Crippen molar-refractivity contribution in [2.45, 2.75) is 12.4 Å². The topological polar surface area (TPSA) is 46.2 Å². The van der Waals surface area contributed by atoms with Gasteiger partial charge in [-0.2, -0.15) is 26.3 Å². The molecule has 1 amide bonds. The second-order valence-electron chi connectivity index (χ2n) is 3.32. The highest BCUT2D eigenvalue weighted by Crippen LogP contribution is 2.27. The van der Waals surface area contributed by atoms with Gasteiger partial charge >= 0.3 is 18.3 Å². The Morgan fingerprint density at radius 2 is 1.42 bits per heavy atom. The number of para-hydroxylation sites is 1. The molecule has 0 aliphatic heterocycles. The van der Waals surface area contributed by atoms with Crippen LogP contribution in [0.3, 0.4) is 0 Å². The third-order valence-electron chi connectivity index (χ3n) is 1.93. The van der Waals surface area contributed by atoms with Crippen LogP contribution >= 0.6 is 0 Å². The molecule has 0 spiro atoms. The summed E-state index contributed by atoms with van der Waals surface area (Å²) in [6.45, 7) is 0. The Hall–Kier alpha value is -2.06. The number of alkyl halides is 6. The van der Waals surface area contributed by atoms with Crippen molar-refractivity contribution >= 4 is 17.4 Å². The van der Waals surface area contributed by atoms with Crippen LogP contribution < -0.4 is 5.32 Å². The van der Waals surface area contributed by atoms with Gasteiger partial charge in [-0.25, -0.2) is 0 Å². The standard InChI is InChI=1S/C10H5F6NO2/c11-9(12,13)7(18)5-3-1-2-4-6(5)17-8(19)10(14,15)16/h1-4H,(H,17,19). The Bertz CT molecular complexity index is 505. The van der Waals surface area contributed by atoms with Crippen LogP contribution in [0.5, 0.6) is 0 Å². The lowest BCUT2D eigenvalue weighted by Crippen LogP contribution is -2.31. The van der Waals surface area contributed by atoms with E-state index in [2.05, 4.69) is 0 Å². The molecule has 0 aromatic heterocycles. The van der Waals surface area contributed by atoms with Crippen molar-refractivity contribution in [3.63, 3.8) is 0 Å². The maximum atomic E-state index is 12.2. The largest absolute Gasteiger partial charge is 0.471 e. The van der Waals surface area contributed by atoms with Gasteiger partial charge in [0.25, 0.3) is 5.78 Å². The van der Waals surface area contributed by atoms with Gasteiger partial charge in [-0.3, -0.25) is 9.59 Å². The predicted molar refractivity (Wildman–Crippen MR) is 51.5 cm³/mol. The van der Waals surface area contributed by atoms with Gasteiger partial charge in [0.1, 0.15) is 0 Å². The summed E-state index contributed by atoms with van der Waals surface area (Å²) in [6.07, 6.45) is -10.5. The SMILES string of the molecule is O=C(Nc1ccccc1C(=O)C(F)(F)F)C(F)(F)F. The smallest absolute Gasteiger partial charge is 0.318 e. The van der Waals surface area contributed by atoms with Crippen LogP contribution in [0.2, 0.25) is 0 Å². The number of anilines is 1. The van der Waals surface area contributed by atoms with Crippen molar-refractivity contribution in [3.05, 3.63) is 29.8 Å². The van der Waals surface area contributed by atoms with E-state index in [0.717, 1.165) is 18.2 Å². The summed E-state index contributed by atoms with van der Waals surface area (Å²) in [5.74, 6) is -4.81. The molecular formula is C10H5F6NO2. The van der Waals surface area contributed by atoms with Crippen LogP contribution in [0.1, 0.15) is 10.4 Å². The van der Waals surface area contributed by atoms with E-state index in [-0.39, 0.29) is 0 Å². The summed E-state index contributed by atoms with van der Waals surface area (Å²) < 4.78 is 72.6. The minimum atomic E-state index is -5.27. The molecule has 1 aromatic carbocycles. The first kappa shape index (κ1) is 15.0. The maximum Gasteiger partial charge on any atom is 0.471 e. The molecule has 19 heavy (non-hydrogen) atoms. The third kappa shape index (κ3) is 3.70. The highest BCUT2D eigenvalue weighted by Gasteiger charge is 2.42. The molecule has 0 unspecified atom stereocenters. The van der Waals surface area contributed by atoms with E-state index in [4.69, 9.17) is 0 Å². The van der Waals surface area contributed by atoms with E-state index in [1.807, 2.05) is 0 Å². The Morgan fingerprint density at radius 1 is 0.895 bits per heavy atom. The molecule has 0 saturated heterocycles. The molecule has 1 aromatic rings. The number of carbonyl (C=O) groups excluding carboxylic acids is 2. The molecule has 0 bridgehead atoms. The normalized spacial score (nSPS) is 12.1. The minimum Gasteiger partial charge on any atom is -0.318 e. The van der Waals surface area contributed by atoms with Crippen LogP contribution in [-0.2, 0) is 4.79 Å². The van der Waals surface area contributed by atoms with Gasteiger partial charge in [-0.1, -0.05) is 12.1 Å². The summed E-state index contributed by atoms with van der Waals surface area (Å²) in [5.41, 5.74) is -1.92. The zero-order valence-electron chi connectivity index (χ0n) is 8.89. The van der Waals surface area contributed by atoms with Gasteiger partial charge in [-0.15, -0.1) is 0 Å². The first-order valence-electron chi connectivity index (χ1n) is 4.62. The van der Waals surface area contributed by atoms with Crippen LogP contribution in [0.25, 0.3) is 0 Å². The molecule has 0 fully saturated rings. The molecule has 0 aliphatic rings. The fraction of sp³-hybridized carbons (Fsp3) is 0.200. The van der Waals surface area contributed by atoms with Gasteiger partial charge < -0.3 is 5.32 Å². The summed E-state index contributed by atoms with van der Waals surface area (Å²) in [7, 11) is 0. The van der Waals surface area contributed by atoms with E-state index in [0.29, 0.717) is 6.07 Å². The quantitative estimate of drug-likeness (QED) is 0.670. The molecule has 0 saturated carbocycles. The zero-order chi connectivity index (χ0) is 14.8. The lowest BCUT2D eigenvalue weighted by atomic mass is 10.1. The lowest BCUT2D eigenvalue weighted by Gasteiger charge is -2.12. The van der Waals surface area contributed by atoms with Crippen LogP contribution in [0.4, 0.5) is 32.0 Å². The van der Waals surface area contributed by atoms with Crippen molar-refractivity contribution in [2.24, 2.45) is 0 Å². The fourth-order valence-corrected chi connectivity index (χ4v) is 1.14. The molecule has 104 valence electrons. The molecule has 0 radical (unpaired) electrons. The highest BCUT2D eigenvalue weighted by molar-refractivity contribution is 6.08. The van der Waals surface area contributed by atoms with E-state index < -0.39 is 35.3 Å². The molecule has 0 heterocycles. The number of halogens is 6. The minimum absolute atomic E-state index is 0.668. The van der Waals surface area contributed by atoms with Crippen molar-refractivity contribution in [2.75, 3.05) is 5.32 Å². The van der Waals surface area contributed by atoms with E-state index in [1.54, 1.807) is 0 Å². The Balaban J connectivity index is 3.11. The number of benzene rings is 1. The molecule has 1 N–H and O–H groups in total. The molecule has 9 heteroatoms.